The Kier molecular flexibility index (Phi) is 4.31. The van der Waals surface area contributed by atoms with Crippen LogP contribution in [0.1, 0.15) is 28.3 Å². The number of thiophene rings is 1. The van der Waals surface area contributed by atoms with E-state index in [1.165, 1.54) is 11.3 Å². The molecule has 3 rings (SSSR count). The van der Waals surface area contributed by atoms with Crippen molar-refractivity contribution < 1.29 is 9.50 Å². The van der Waals surface area contributed by atoms with Crippen LogP contribution in [0.15, 0.2) is 35.7 Å². The lowest BCUT2D eigenvalue weighted by molar-refractivity contribution is 0.268. The Morgan fingerprint density at radius 3 is 2.68 bits per heavy atom. The predicted octanol–water partition coefficient (Wildman–Crippen LogP) is 3.19. The van der Waals surface area contributed by atoms with Gasteiger partial charge in [-0.3, -0.25) is 4.57 Å². The van der Waals surface area contributed by atoms with Crippen molar-refractivity contribution in [3.63, 3.8) is 0 Å². The molecule has 1 N–H and O–H groups in total. The van der Waals surface area contributed by atoms with E-state index in [1.807, 2.05) is 35.7 Å². The summed E-state index contributed by atoms with van der Waals surface area (Å²) in [4.78, 5) is 0. The van der Waals surface area contributed by atoms with Gasteiger partial charge >= 0.3 is 0 Å². The molecular weight excluding hydrogens is 301 g/mol. The van der Waals surface area contributed by atoms with Gasteiger partial charge in [0.25, 0.3) is 0 Å². The number of hydrogen-bond acceptors (Lipinski definition) is 4. The maximum Gasteiger partial charge on any atom is 0.164 e. The number of aliphatic hydroxyl groups is 1. The van der Waals surface area contributed by atoms with E-state index < -0.39 is 6.67 Å². The van der Waals surface area contributed by atoms with E-state index >= 15 is 0 Å². The third-order valence-electron chi connectivity index (χ3n) is 3.57. The molecule has 0 fully saturated rings. The summed E-state index contributed by atoms with van der Waals surface area (Å²) in [5, 5.41) is 20.0. The SMILES string of the molecule is Cc1nnc(CO)n1-c1scc(Cc2ccccc2)c1CF. The van der Waals surface area contributed by atoms with E-state index in [1.54, 1.807) is 11.5 Å². The Labute approximate surface area is 131 Å². The predicted molar refractivity (Wildman–Crippen MR) is 84.0 cm³/mol. The molecule has 6 heteroatoms. The van der Waals surface area contributed by atoms with Gasteiger partial charge in [-0.15, -0.1) is 21.5 Å². The van der Waals surface area contributed by atoms with E-state index in [4.69, 9.17) is 0 Å². The standard InChI is InChI=1S/C16H16FN3OS/c1-11-18-19-15(9-21)20(11)16-14(8-17)13(10-22-16)7-12-5-3-2-4-6-12/h2-6,10,21H,7-9H2,1H3. The number of halogens is 1. The molecule has 0 spiro atoms. The van der Waals surface area contributed by atoms with E-state index in [-0.39, 0.29) is 6.61 Å². The zero-order valence-corrected chi connectivity index (χ0v) is 13.0. The summed E-state index contributed by atoms with van der Waals surface area (Å²) in [6.45, 7) is 1.02. The van der Waals surface area contributed by atoms with Crippen molar-refractivity contribution in [1.29, 1.82) is 0 Å². The number of hydrogen-bond donors (Lipinski definition) is 1. The number of benzene rings is 1. The van der Waals surface area contributed by atoms with E-state index in [2.05, 4.69) is 10.2 Å². The molecule has 0 aliphatic carbocycles. The first kappa shape index (κ1) is 14.9. The van der Waals surface area contributed by atoms with Crippen LogP contribution in [0.4, 0.5) is 4.39 Å². The number of aromatic nitrogens is 3. The molecule has 114 valence electrons. The quantitative estimate of drug-likeness (QED) is 0.786. The number of rotatable bonds is 5. The smallest absolute Gasteiger partial charge is 0.164 e. The summed E-state index contributed by atoms with van der Waals surface area (Å²) < 4.78 is 15.4. The second-order valence-electron chi connectivity index (χ2n) is 5.00. The van der Waals surface area contributed by atoms with Crippen LogP contribution in [0.2, 0.25) is 0 Å². The van der Waals surface area contributed by atoms with Gasteiger partial charge < -0.3 is 5.11 Å². The number of nitrogens with zero attached hydrogens (tertiary/aromatic N) is 3. The lowest BCUT2D eigenvalue weighted by Crippen LogP contribution is -2.04. The highest BCUT2D eigenvalue weighted by molar-refractivity contribution is 7.12. The fourth-order valence-corrected chi connectivity index (χ4v) is 3.62. The topological polar surface area (TPSA) is 50.9 Å². The highest BCUT2D eigenvalue weighted by atomic mass is 32.1. The van der Waals surface area contributed by atoms with E-state index in [0.29, 0.717) is 23.6 Å². The van der Waals surface area contributed by atoms with Crippen LogP contribution in [-0.2, 0) is 19.7 Å². The molecule has 0 saturated heterocycles. The van der Waals surface area contributed by atoms with Crippen molar-refractivity contribution in [1.82, 2.24) is 14.8 Å². The van der Waals surface area contributed by atoms with Crippen molar-refractivity contribution in [3.8, 4) is 5.00 Å². The molecule has 1 aromatic carbocycles. The minimum Gasteiger partial charge on any atom is -0.388 e. The lowest BCUT2D eigenvalue weighted by Gasteiger charge is -2.08. The van der Waals surface area contributed by atoms with Crippen LogP contribution in [-0.4, -0.2) is 19.9 Å². The van der Waals surface area contributed by atoms with Crippen LogP contribution in [0, 0.1) is 6.92 Å². The summed E-state index contributed by atoms with van der Waals surface area (Å²) in [7, 11) is 0. The molecule has 2 heterocycles. The molecule has 0 aliphatic heterocycles. The average Bonchev–Trinajstić information content (AvgIpc) is 3.10. The Balaban J connectivity index is 2.02. The summed E-state index contributed by atoms with van der Waals surface area (Å²) in [5.74, 6) is 1.08. The van der Waals surface area contributed by atoms with Crippen molar-refractivity contribution in [3.05, 3.63) is 64.1 Å². The summed E-state index contributed by atoms with van der Waals surface area (Å²) in [6, 6.07) is 9.98. The molecule has 22 heavy (non-hydrogen) atoms. The summed E-state index contributed by atoms with van der Waals surface area (Å²) in [5.41, 5.74) is 2.75. The van der Waals surface area contributed by atoms with Gasteiger partial charge in [0.2, 0.25) is 0 Å². The van der Waals surface area contributed by atoms with Gasteiger partial charge in [0, 0.05) is 5.56 Å². The lowest BCUT2D eigenvalue weighted by atomic mass is 10.0. The number of aliphatic hydroxyl groups excluding tert-OH is 1. The van der Waals surface area contributed by atoms with Crippen LogP contribution in [0.3, 0.4) is 0 Å². The fourth-order valence-electron chi connectivity index (χ4n) is 2.47. The van der Waals surface area contributed by atoms with Crippen LogP contribution >= 0.6 is 11.3 Å². The Morgan fingerprint density at radius 2 is 2.00 bits per heavy atom. The zero-order chi connectivity index (χ0) is 15.5. The first-order valence-corrected chi connectivity index (χ1v) is 7.83. The number of aryl methyl sites for hydroxylation is 1. The summed E-state index contributed by atoms with van der Waals surface area (Å²) >= 11 is 1.45. The minimum absolute atomic E-state index is 0.224. The first-order valence-electron chi connectivity index (χ1n) is 6.95. The molecule has 0 aliphatic rings. The van der Waals surface area contributed by atoms with E-state index in [9.17, 15) is 9.50 Å². The highest BCUT2D eigenvalue weighted by Crippen LogP contribution is 2.31. The molecule has 0 unspecified atom stereocenters. The largest absolute Gasteiger partial charge is 0.388 e. The van der Waals surface area contributed by atoms with Gasteiger partial charge in [-0.1, -0.05) is 30.3 Å². The van der Waals surface area contributed by atoms with Crippen LogP contribution < -0.4 is 0 Å². The maximum absolute atomic E-state index is 13.6. The molecular formula is C16H16FN3OS. The molecule has 0 atom stereocenters. The molecule has 0 bridgehead atoms. The van der Waals surface area contributed by atoms with Crippen molar-refractivity contribution >= 4 is 11.3 Å². The van der Waals surface area contributed by atoms with Crippen LogP contribution in [0.5, 0.6) is 0 Å². The monoisotopic (exact) mass is 317 g/mol. The van der Waals surface area contributed by atoms with Crippen molar-refractivity contribution in [2.45, 2.75) is 26.6 Å². The molecule has 0 amide bonds. The highest BCUT2D eigenvalue weighted by Gasteiger charge is 2.18. The fraction of sp³-hybridized carbons (Fsp3) is 0.250. The normalized spacial score (nSPS) is 11.0. The van der Waals surface area contributed by atoms with Gasteiger partial charge in [-0.25, -0.2) is 4.39 Å². The second kappa shape index (κ2) is 6.37. The Morgan fingerprint density at radius 1 is 1.23 bits per heavy atom. The average molecular weight is 317 g/mol. The maximum atomic E-state index is 13.6. The second-order valence-corrected chi connectivity index (χ2v) is 5.86. The van der Waals surface area contributed by atoms with Gasteiger partial charge in [-0.05, 0) is 29.9 Å². The van der Waals surface area contributed by atoms with Gasteiger partial charge in [0.05, 0.1) is 0 Å². The minimum atomic E-state index is -0.552. The van der Waals surface area contributed by atoms with Crippen LogP contribution in [0.25, 0.3) is 5.00 Å². The molecule has 2 aromatic heterocycles. The third kappa shape index (κ3) is 2.67. The summed E-state index contributed by atoms with van der Waals surface area (Å²) in [6.07, 6.45) is 0.687. The van der Waals surface area contributed by atoms with E-state index in [0.717, 1.165) is 16.1 Å². The Hall–Kier alpha value is -2.05. The zero-order valence-electron chi connectivity index (χ0n) is 12.2. The third-order valence-corrected chi connectivity index (χ3v) is 4.62. The van der Waals surface area contributed by atoms with Crippen molar-refractivity contribution in [2.75, 3.05) is 0 Å². The van der Waals surface area contributed by atoms with Gasteiger partial charge in [0.1, 0.15) is 24.1 Å². The molecule has 3 aromatic rings. The number of alkyl halides is 1. The molecule has 0 radical (unpaired) electrons. The molecule has 4 nitrogen and oxygen atoms in total. The van der Waals surface area contributed by atoms with Crippen molar-refractivity contribution in [2.24, 2.45) is 0 Å². The first-order chi connectivity index (χ1) is 10.7. The Bertz CT molecular complexity index is 767. The van der Waals surface area contributed by atoms with Gasteiger partial charge in [0.15, 0.2) is 5.82 Å². The van der Waals surface area contributed by atoms with Gasteiger partial charge in [-0.2, -0.15) is 0 Å². The molecule has 0 saturated carbocycles.